The third kappa shape index (κ3) is 3.06. The first-order valence-corrected chi connectivity index (χ1v) is 6.91. The zero-order chi connectivity index (χ0) is 12.4. The van der Waals surface area contributed by atoms with E-state index >= 15 is 0 Å². The number of aromatic nitrogens is 1. The first kappa shape index (κ1) is 12.5. The predicted molar refractivity (Wildman–Crippen MR) is 70.0 cm³/mol. The summed E-state index contributed by atoms with van der Waals surface area (Å²) in [6.07, 6.45) is 0. The van der Waals surface area contributed by atoms with Crippen molar-refractivity contribution in [2.75, 3.05) is 0 Å². The van der Waals surface area contributed by atoms with Gasteiger partial charge in [0.1, 0.15) is 5.82 Å². The van der Waals surface area contributed by atoms with Gasteiger partial charge in [0, 0.05) is 17.1 Å². The van der Waals surface area contributed by atoms with Crippen molar-refractivity contribution in [2.24, 2.45) is 5.73 Å². The van der Waals surface area contributed by atoms with E-state index in [1.54, 1.807) is 6.07 Å². The Bertz CT molecular complexity index is 523. The standard InChI is InChI=1S/C12H13FN2S2/c1-7-6-16-12(15-7)17-11-4-3-9(8(2)14)5-10(11)13/h3-6,8H,14H2,1-2H3/t8-/m1/s1. The number of hydrogen-bond acceptors (Lipinski definition) is 4. The van der Waals surface area contributed by atoms with E-state index in [4.69, 9.17) is 5.73 Å². The lowest BCUT2D eigenvalue weighted by molar-refractivity contribution is 0.596. The monoisotopic (exact) mass is 268 g/mol. The molecule has 17 heavy (non-hydrogen) atoms. The molecule has 0 fully saturated rings. The highest BCUT2D eigenvalue weighted by molar-refractivity contribution is 8.01. The molecule has 1 heterocycles. The van der Waals surface area contributed by atoms with Crippen molar-refractivity contribution in [2.45, 2.75) is 29.1 Å². The van der Waals surface area contributed by atoms with Crippen molar-refractivity contribution < 1.29 is 4.39 Å². The van der Waals surface area contributed by atoms with E-state index in [1.807, 2.05) is 25.3 Å². The Balaban J connectivity index is 2.22. The molecule has 1 atom stereocenters. The molecular weight excluding hydrogens is 255 g/mol. The minimum Gasteiger partial charge on any atom is -0.324 e. The molecule has 0 bridgehead atoms. The molecule has 0 aliphatic rings. The Hall–Kier alpha value is -0.910. The summed E-state index contributed by atoms with van der Waals surface area (Å²) in [5.41, 5.74) is 7.48. The second kappa shape index (κ2) is 5.16. The van der Waals surface area contributed by atoms with Crippen molar-refractivity contribution in [1.82, 2.24) is 4.98 Å². The third-order valence-corrected chi connectivity index (χ3v) is 4.38. The third-order valence-electron chi connectivity index (χ3n) is 2.28. The van der Waals surface area contributed by atoms with E-state index in [0.29, 0.717) is 4.90 Å². The zero-order valence-electron chi connectivity index (χ0n) is 9.61. The molecule has 2 rings (SSSR count). The lowest BCUT2D eigenvalue weighted by Crippen LogP contribution is -2.05. The molecule has 2 nitrogen and oxygen atoms in total. The summed E-state index contributed by atoms with van der Waals surface area (Å²) in [4.78, 5) is 4.88. The van der Waals surface area contributed by atoms with Gasteiger partial charge >= 0.3 is 0 Å². The van der Waals surface area contributed by atoms with Gasteiger partial charge in [-0.2, -0.15) is 0 Å². The zero-order valence-corrected chi connectivity index (χ0v) is 11.2. The van der Waals surface area contributed by atoms with Crippen LogP contribution in [0.25, 0.3) is 0 Å². The molecule has 0 spiro atoms. The fraction of sp³-hybridized carbons (Fsp3) is 0.250. The molecule has 1 aromatic heterocycles. The van der Waals surface area contributed by atoms with Crippen LogP contribution in [0.1, 0.15) is 24.2 Å². The van der Waals surface area contributed by atoms with Gasteiger partial charge in [-0.1, -0.05) is 17.8 Å². The Morgan fingerprint density at radius 1 is 1.47 bits per heavy atom. The van der Waals surface area contributed by atoms with Gasteiger partial charge in [0.25, 0.3) is 0 Å². The van der Waals surface area contributed by atoms with Gasteiger partial charge in [-0.15, -0.1) is 11.3 Å². The number of nitrogens with two attached hydrogens (primary N) is 1. The largest absolute Gasteiger partial charge is 0.324 e. The van der Waals surface area contributed by atoms with Gasteiger partial charge in [0.15, 0.2) is 4.34 Å². The summed E-state index contributed by atoms with van der Waals surface area (Å²) in [7, 11) is 0. The molecule has 1 aromatic carbocycles. The minimum atomic E-state index is -0.238. The van der Waals surface area contributed by atoms with E-state index in [1.165, 1.54) is 29.2 Å². The number of aryl methyl sites for hydroxylation is 1. The van der Waals surface area contributed by atoms with Crippen LogP contribution in [0.2, 0.25) is 0 Å². The van der Waals surface area contributed by atoms with Gasteiger partial charge in [0.2, 0.25) is 0 Å². The van der Waals surface area contributed by atoms with E-state index in [0.717, 1.165) is 15.6 Å². The number of benzene rings is 1. The average Bonchev–Trinajstić information content (AvgIpc) is 2.67. The van der Waals surface area contributed by atoms with Crippen LogP contribution in [0, 0.1) is 12.7 Å². The summed E-state index contributed by atoms with van der Waals surface area (Å²) in [6.45, 7) is 3.77. The van der Waals surface area contributed by atoms with Crippen LogP contribution < -0.4 is 5.73 Å². The summed E-state index contributed by atoms with van der Waals surface area (Å²) in [5, 5.41) is 1.95. The molecule has 5 heteroatoms. The van der Waals surface area contributed by atoms with Crippen LogP contribution in [0.5, 0.6) is 0 Å². The average molecular weight is 268 g/mol. The van der Waals surface area contributed by atoms with Gasteiger partial charge in [0.05, 0.1) is 4.90 Å². The number of nitrogens with zero attached hydrogens (tertiary/aromatic N) is 1. The molecule has 0 aliphatic carbocycles. The molecular formula is C12H13FN2S2. The predicted octanol–water partition coefficient (Wildman–Crippen LogP) is 3.76. The van der Waals surface area contributed by atoms with Crippen LogP contribution in [0.3, 0.4) is 0 Å². The van der Waals surface area contributed by atoms with Crippen LogP contribution in [-0.4, -0.2) is 4.98 Å². The summed E-state index contributed by atoms with van der Waals surface area (Å²) in [6, 6.07) is 4.96. The van der Waals surface area contributed by atoms with Crippen molar-refractivity contribution >= 4 is 23.1 Å². The van der Waals surface area contributed by atoms with Crippen molar-refractivity contribution in [1.29, 1.82) is 0 Å². The van der Waals surface area contributed by atoms with Crippen LogP contribution in [-0.2, 0) is 0 Å². The fourth-order valence-corrected chi connectivity index (χ4v) is 3.15. The second-order valence-electron chi connectivity index (χ2n) is 3.84. The molecule has 0 aliphatic heterocycles. The van der Waals surface area contributed by atoms with Gasteiger partial charge in [-0.25, -0.2) is 9.37 Å². The normalized spacial score (nSPS) is 12.7. The second-order valence-corrected chi connectivity index (χ2v) is 5.98. The highest BCUT2D eigenvalue weighted by Gasteiger charge is 2.09. The SMILES string of the molecule is Cc1csc(Sc2ccc([C@@H](C)N)cc2F)n1. The van der Waals surface area contributed by atoms with Crippen LogP contribution in [0.4, 0.5) is 4.39 Å². The summed E-state index contributed by atoms with van der Waals surface area (Å²) in [5.74, 6) is -0.238. The number of halogens is 1. The Morgan fingerprint density at radius 2 is 2.24 bits per heavy atom. The molecule has 2 aromatic rings. The topological polar surface area (TPSA) is 38.9 Å². The summed E-state index contributed by atoms with van der Waals surface area (Å²) < 4.78 is 14.7. The molecule has 90 valence electrons. The smallest absolute Gasteiger partial charge is 0.154 e. The van der Waals surface area contributed by atoms with Gasteiger partial charge in [-0.3, -0.25) is 0 Å². The quantitative estimate of drug-likeness (QED) is 0.921. The molecule has 2 N–H and O–H groups in total. The number of thiazole rings is 1. The Morgan fingerprint density at radius 3 is 2.76 bits per heavy atom. The highest BCUT2D eigenvalue weighted by atomic mass is 32.2. The maximum Gasteiger partial charge on any atom is 0.154 e. The molecule has 0 radical (unpaired) electrons. The number of rotatable bonds is 3. The van der Waals surface area contributed by atoms with Crippen molar-refractivity contribution in [3.63, 3.8) is 0 Å². The highest BCUT2D eigenvalue weighted by Crippen LogP contribution is 2.32. The maximum atomic E-state index is 13.8. The van der Waals surface area contributed by atoms with E-state index in [-0.39, 0.29) is 11.9 Å². The molecule has 0 unspecified atom stereocenters. The Kier molecular flexibility index (Phi) is 3.81. The van der Waals surface area contributed by atoms with E-state index < -0.39 is 0 Å². The lowest BCUT2D eigenvalue weighted by atomic mass is 10.1. The van der Waals surface area contributed by atoms with Crippen LogP contribution in [0.15, 0.2) is 32.8 Å². The number of hydrogen-bond donors (Lipinski definition) is 1. The minimum absolute atomic E-state index is 0.148. The van der Waals surface area contributed by atoms with Crippen LogP contribution >= 0.6 is 23.1 Å². The first-order chi connectivity index (χ1) is 8.06. The van der Waals surface area contributed by atoms with Gasteiger partial charge in [-0.05, 0) is 31.5 Å². The molecule has 0 saturated heterocycles. The fourth-order valence-electron chi connectivity index (χ4n) is 1.36. The maximum absolute atomic E-state index is 13.8. The lowest BCUT2D eigenvalue weighted by Gasteiger charge is -2.07. The van der Waals surface area contributed by atoms with Crippen molar-refractivity contribution in [3.05, 3.63) is 40.7 Å². The van der Waals surface area contributed by atoms with Gasteiger partial charge < -0.3 is 5.73 Å². The molecule has 0 amide bonds. The molecule has 0 saturated carbocycles. The van der Waals surface area contributed by atoms with E-state index in [2.05, 4.69) is 4.98 Å². The van der Waals surface area contributed by atoms with E-state index in [9.17, 15) is 4.39 Å². The first-order valence-electron chi connectivity index (χ1n) is 5.21. The van der Waals surface area contributed by atoms with Crippen molar-refractivity contribution in [3.8, 4) is 0 Å². The Labute approximate surface area is 108 Å². The summed E-state index contributed by atoms with van der Waals surface area (Å²) >= 11 is 2.87.